The number of nitrogens with zero attached hydrogens (tertiary/aromatic N) is 1. The smallest absolute Gasteiger partial charge is 0.410 e. The van der Waals surface area contributed by atoms with E-state index in [0.29, 0.717) is 25.9 Å². The summed E-state index contributed by atoms with van der Waals surface area (Å²) in [4.78, 5) is 13.9. The van der Waals surface area contributed by atoms with E-state index >= 15 is 0 Å². The van der Waals surface area contributed by atoms with Crippen LogP contribution in [-0.2, 0) is 10.3 Å². The Morgan fingerprint density at radius 1 is 1.11 bits per heavy atom. The van der Waals surface area contributed by atoms with Crippen LogP contribution in [0.2, 0.25) is 0 Å². The Labute approximate surface area is 163 Å². The van der Waals surface area contributed by atoms with E-state index in [1.54, 1.807) is 4.90 Å². The number of aliphatic hydroxyl groups is 1. The van der Waals surface area contributed by atoms with Crippen LogP contribution in [0, 0.1) is 0 Å². The quantitative estimate of drug-likeness (QED) is 0.689. The molecule has 0 aromatic heterocycles. The minimum Gasteiger partial charge on any atom is -0.494 e. The maximum atomic E-state index is 12.2. The number of carbonyl (C=O) groups excluding carboxylic acids is 1. The third-order valence-electron chi connectivity index (χ3n) is 4.90. The molecule has 1 heterocycles. The average Bonchev–Trinajstić information content (AvgIpc) is 2.61. The van der Waals surface area contributed by atoms with Crippen LogP contribution in [0.3, 0.4) is 0 Å². The second-order valence-corrected chi connectivity index (χ2v) is 8.43. The fraction of sp³-hybridized carbons (Fsp3) is 0.682. The van der Waals surface area contributed by atoms with E-state index in [9.17, 15) is 9.90 Å². The Morgan fingerprint density at radius 2 is 1.74 bits per heavy atom. The van der Waals surface area contributed by atoms with Crippen molar-refractivity contribution in [2.24, 2.45) is 0 Å². The minimum absolute atomic E-state index is 0.309. The number of likely N-dealkylation sites (tertiary alicyclic amines) is 1. The van der Waals surface area contributed by atoms with Gasteiger partial charge in [-0.15, -0.1) is 0 Å². The summed E-state index contributed by atoms with van der Waals surface area (Å²) in [5, 5.41) is 11.0. The van der Waals surface area contributed by atoms with E-state index in [1.165, 1.54) is 19.3 Å². The third-order valence-corrected chi connectivity index (χ3v) is 4.90. The summed E-state index contributed by atoms with van der Waals surface area (Å²) in [6.45, 7) is 9.48. The lowest BCUT2D eigenvalue weighted by Gasteiger charge is -2.39. The van der Waals surface area contributed by atoms with E-state index in [-0.39, 0.29) is 6.09 Å². The normalized spacial score (nSPS) is 16.9. The summed E-state index contributed by atoms with van der Waals surface area (Å²) in [6.07, 6.45) is 5.43. The summed E-state index contributed by atoms with van der Waals surface area (Å²) < 4.78 is 11.2. The highest BCUT2D eigenvalue weighted by molar-refractivity contribution is 5.68. The molecule has 5 nitrogen and oxygen atoms in total. The van der Waals surface area contributed by atoms with Crippen LogP contribution in [0.25, 0.3) is 0 Å². The molecule has 0 bridgehead atoms. The van der Waals surface area contributed by atoms with Gasteiger partial charge in [-0.05, 0) is 57.7 Å². The monoisotopic (exact) mass is 377 g/mol. The summed E-state index contributed by atoms with van der Waals surface area (Å²) >= 11 is 0. The van der Waals surface area contributed by atoms with Gasteiger partial charge in [0.2, 0.25) is 0 Å². The number of carbonyl (C=O) groups is 1. The molecule has 5 heteroatoms. The first kappa shape index (κ1) is 21.5. The molecule has 1 amide bonds. The van der Waals surface area contributed by atoms with Crippen molar-refractivity contribution >= 4 is 6.09 Å². The first-order chi connectivity index (χ1) is 12.7. The zero-order valence-electron chi connectivity index (χ0n) is 17.3. The number of unbranched alkanes of at least 4 members (excludes halogenated alkanes) is 3. The molecule has 0 spiro atoms. The minimum atomic E-state index is -0.905. The second-order valence-electron chi connectivity index (χ2n) is 8.43. The SMILES string of the molecule is CCCCCCOc1ccc(C2(O)CCN(C(=O)OC(C)(C)C)CC2)cc1. The van der Waals surface area contributed by atoms with Crippen molar-refractivity contribution in [3.05, 3.63) is 29.8 Å². The maximum Gasteiger partial charge on any atom is 0.410 e. The predicted molar refractivity (Wildman–Crippen MR) is 107 cm³/mol. The number of piperidine rings is 1. The van der Waals surface area contributed by atoms with Gasteiger partial charge in [0.25, 0.3) is 0 Å². The van der Waals surface area contributed by atoms with Gasteiger partial charge in [-0.3, -0.25) is 0 Å². The largest absolute Gasteiger partial charge is 0.494 e. The molecule has 0 atom stereocenters. The Morgan fingerprint density at radius 3 is 2.30 bits per heavy atom. The molecule has 0 saturated carbocycles. The lowest BCUT2D eigenvalue weighted by atomic mass is 9.84. The second kappa shape index (κ2) is 9.45. The van der Waals surface area contributed by atoms with Gasteiger partial charge in [0.1, 0.15) is 11.4 Å². The number of hydrogen-bond acceptors (Lipinski definition) is 4. The van der Waals surface area contributed by atoms with Crippen molar-refractivity contribution in [3.63, 3.8) is 0 Å². The maximum absolute atomic E-state index is 12.2. The lowest BCUT2D eigenvalue weighted by Crippen LogP contribution is -2.46. The molecule has 27 heavy (non-hydrogen) atoms. The highest BCUT2D eigenvalue weighted by Gasteiger charge is 2.36. The van der Waals surface area contributed by atoms with Gasteiger partial charge in [0, 0.05) is 13.1 Å². The highest BCUT2D eigenvalue weighted by atomic mass is 16.6. The molecule has 1 aliphatic rings. The highest BCUT2D eigenvalue weighted by Crippen LogP contribution is 2.34. The van der Waals surface area contributed by atoms with Crippen LogP contribution in [0.15, 0.2) is 24.3 Å². The molecular weight excluding hydrogens is 342 g/mol. The fourth-order valence-electron chi connectivity index (χ4n) is 3.25. The van der Waals surface area contributed by atoms with Crippen LogP contribution >= 0.6 is 0 Å². The predicted octanol–water partition coefficient (Wildman–Crippen LogP) is 4.86. The van der Waals surface area contributed by atoms with Gasteiger partial charge in [-0.2, -0.15) is 0 Å². The molecule has 0 aliphatic carbocycles. The molecule has 0 unspecified atom stereocenters. The van der Waals surface area contributed by atoms with Gasteiger partial charge in [0.05, 0.1) is 12.2 Å². The van der Waals surface area contributed by atoms with Crippen molar-refractivity contribution < 1.29 is 19.4 Å². The standard InChI is InChI=1S/C22H35NO4/c1-5-6-7-8-17-26-19-11-9-18(10-12-19)22(25)13-15-23(16-14-22)20(24)27-21(2,3)4/h9-12,25H,5-8,13-17H2,1-4H3. The Kier molecular flexibility index (Phi) is 7.54. The van der Waals surface area contributed by atoms with Crippen molar-refractivity contribution in [1.29, 1.82) is 0 Å². The molecule has 1 aromatic carbocycles. The lowest BCUT2D eigenvalue weighted by molar-refractivity contribution is -0.0356. The molecule has 1 fully saturated rings. The van der Waals surface area contributed by atoms with Crippen molar-refractivity contribution in [1.82, 2.24) is 4.90 Å². The van der Waals surface area contributed by atoms with Crippen molar-refractivity contribution in [2.75, 3.05) is 19.7 Å². The average molecular weight is 378 g/mol. The van der Waals surface area contributed by atoms with E-state index in [0.717, 1.165) is 24.3 Å². The number of rotatable bonds is 7. The number of hydrogen-bond donors (Lipinski definition) is 1. The zero-order chi connectivity index (χ0) is 19.9. The topological polar surface area (TPSA) is 59.0 Å². The first-order valence-electron chi connectivity index (χ1n) is 10.2. The van der Waals surface area contributed by atoms with Gasteiger partial charge in [-0.25, -0.2) is 4.79 Å². The summed E-state index contributed by atoms with van der Waals surface area (Å²) in [5.41, 5.74) is -0.528. The number of ether oxygens (including phenoxy) is 2. The Hall–Kier alpha value is -1.75. The van der Waals surface area contributed by atoms with Gasteiger partial charge in [-0.1, -0.05) is 38.3 Å². The molecule has 1 aromatic rings. The van der Waals surface area contributed by atoms with Crippen LogP contribution in [0.1, 0.15) is 71.8 Å². The zero-order valence-corrected chi connectivity index (χ0v) is 17.3. The molecule has 0 radical (unpaired) electrons. The summed E-state index contributed by atoms with van der Waals surface area (Å²) in [7, 11) is 0. The third kappa shape index (κ3) is 6.73. The molecule has 2 rings (SSSR count). The van der Waals surface area contributed by atoms with E-state index in [1.807, 2.05) is 45.0 Å². The summed E-state index contributed by atoms with van der Waals surface area (Å²) in [5.74, 6) is 0.838. The Balaban J connectivity index is 1.85. The van der Waals surface area contributed by atoms with E-state index < -0.39 is 11.2 Å². The van der Waals surface area contributed by atoms with E-state index in [2.05, 4.69) is 6.92 Å². The molecular formula is C22H35NO4. The van der Waals surface area contributed by atoms with Gasteiger partial charge in [0.15, 0.2) is 0 Å². The van der Waals surface area contributed by atoms with Crippen LogP contribution in [0.5, 0.6) is 5.75 Å². The van der Waals surface area contributed by atoms with Crippen LogP contribution in [0.4, 0.5) is 4.79 Å². The Bertz CT molecular complexity index is 583. The van der Waals surface area contributed by atoms with Crippen LogP contribution < -0.4 is 4.74 Å². The summed E-state index contributed by atoms with van der Waals surface area (Å²) in [6, 6.07) is 7.72. The molecule has 152 valence electrons. The van der Waals surface area contributed by atoms with Crippen LogP contribution in [-0.4, -0.2) is 41.4 Å². The number of amides is 1. The van der Waals surface area contributed by atoms with Gasteiger partial charge >= 0.3 is 6.09 Å². The van der Waals surface area contributed by atoms with Crippen molar-refractivity contribution in [2.45, 2.75) is 77.4 Å². The molecule has 1 N–H and O–H groups in total. The van der Waals surface area contributed by atoms with Gasteiger partial charge < -0.3 is 19.5 Å². The van der Waals surface area contributed by atoms with E-state index in [4.69, 9.17) is 9.47 Å². The first-order valence-corrected chi connectivity index (χ1v) is 10.2. The number of benzene rings is 1. The molecule has 1 saturated heterocycles. The van der Waals surface area contributed by atoms with Crippen molar-refractivity contribution in [3.8, 4) is 5.75 Å². The fourth-order valence-corrected chi connectivity index (χ4v) is 3.25. The molecule has 1 aliphatic heterocycles.